The van der Waals surface area contributed by atoms with Gasteiger partial charge in [-0.05, 0) is 72.9 Å². The molecular weight excluding hydrogens is 332 g/mol. The second-order valence-electron chi connectivity index (χ2n) is 7.70. The standard InChI is InChI=1S/C20H24S2Si/c1-11-13(3)19(17-15(11)7-9-21-17)23(5,6)20-14(4)12(2)16-8-10-22-18(16)20/h7-10,19-20H,1-6H3/t19-,20+. The Bertz CT molecular complexity index is 790. The minimum absolute atomic E-state index is 0.679. The summed E-state index contributed by atoms with van der Waals surface area (Å²) in [6.07, 6.45) is 0. The fourth-order valence-corrected chi connectivity index (χ4v) is 13.8. The zero-order valence-electron chi connectivity index (χ0n) is 14.8. The van der Waals surface area contributed by atoms with Crippen LogP contribution in [-0.4, -0.2) is 8.07 Å². The van der Waals surface area contributed by atoms with Crippen molar-refractivity contribution in [2.45, 2.75) is 51.9 Å². The molecule has 2 aliphatic carbocycles. The van der Waals surface area contributed by atoms with E-state index in [1.54, 1.807) is 20.9 Å². The third-order valence-electron chi connectivity index (χ3n) is 6.26. The van der Waals surface area contributed by atoms with Crippen LogP contribution in [0.4, 0.5) is 0 Å². The summed E-state index contributed by atoms with van der Waals surface area (Å²) in [5.41, 5.74) is 10.8. The fraction of sp³-hybridized carbons (Fsp3) is 0.400. The van der Waals surface area contributed by atoms with Gasteiger partial charge in [0.1, 0.15) is 0 Å². The monoisotopic (exact) mass is 356 g/mol. The Morgan fingerprint density at radius 2 is 1.13 bits per heavy atom. The van der Waals surface area contributed by atoms with Crippen LogP contribution in [0.3, 0.4) is 0 Å². The van der Waals surface area contributed by atoms with E-state index in [0.29, 0.717) is 11.1 Å². The van der Waals surface area contributed by atoms with Crippen molar-refractivity contribution < 1.29 is 0 Å². The summed E-state index contributed by atoms with van der Waals surface area (Å²) < 4.78 is 0. The van der Waals surface area contributed by atoms with Gasteiger partial charge in [-0.3, -0.25) is 0 Å². The van der Waals surface area contributed by atoms with Crippen LogP contribution in [0, 0.1) is 0 Å². The van der Waals surface area contributed by atoms with Crippen molar-refractivity contribution >= 4 is 41.9 Å². The summed E-state index contributed by atoms with van der Waals surface area (Å²) in [5, 5.41) is 4.58. The van der Waals surface area contributed by atoms with E-state index in [1.165, 1.54) is 22.3 Å². The molecule has 3 heteroatoms. The molecule has 0 bridgehead atoms. The first-order chi connectivity index (χ1) is 10.9. The summed E-state index contributed by atoms with van der Waals surface area (Å²) in [4.78, 5) is 3.29. The number of hydrogen-bond donors (Lipinski definition) is 0. The molecule has 0 nitrogen and oxygen atoms in total. The van der Waals surface area contributed by atoms with Gasteiger partial charge in [0.05, 0.1) is 8.07 Å². The highest BCUT2D eigenvalue weighted by Gasteiger charge is 2.49. The molecule has 0 unspecified atom stereocenters. The fourth-order valence-electron chi connectivity index (χ4n) is 4.92. The first kappa shape index (κ1) is 15.6. The third-order valence-corrected chi connectivity index (χ3v) is 13.1. The van der Waals surface area contributed by atoms with Crippen LogP contribution in [0.5, 0.6) is 0 Å². The van der Waals surface area contributed by atoms with Crippen molar-refractivity contribution in [1.82, 2.24) is 0 Å². The van der Waals surface area contributed by atoms with E-state index in [-0.39, 0.29) is 0 Å². The van der Waals surface area contributed by atoms with Gasteiger partial charge in [-0.1, -0.05) is 24.2 Å². The smallest absolute Gasteiger partial charge is 0.0743 e. The summed E-state index contributed by atoms with van der Waals surface area (Å²) in [6.45, 7) is 14.7. The molecule has 2 aromatic rings. The lowest BCUT2D eigenvalue weighted by Crippen LogP contribution is -2.41. The van der Waals surface area contributed by atoms with Crippen LogP contribution in [0.2, 0.25) is 13.1 Å². The van der Waals surface area contributed by atoms with Gasteiger partial charge in [-0.15, -0.1) is 22.7 Å². The van der Waals surface area contributed by atoms with E-state index in [9.17, 15) is 0 Å². The van der Waals surface area contributed by atoms with Crippen molar-refractivity contribution in [2.75, 3.05) is 0 Å². The first-order valence-electron chi connectivity index (χ1n) is 8.36. The second kappa shape index (κ2) is 5.04. The Labute approximate surface area is 148 Å². The molecule has 0 radical (unpaired) electrons. The van der Waals surface area contributed by atoms with Gasteiger partial charge < -0.3 is 0 Å². The average molecular weight is 357 g/mol. The number of rotatable bonds is 2. The topological polar surface area (TPSA) is 0 Å². The highest BCUT2D eigenvalue weighted by atomic mass is 32.1. The lowest BCUT2D eigenvalue weighted by molar-refractivity contribution is 0.991. The highest BCUT2D eigenvalue weighted by Crippen LogP contribution is 2.57. The molecule has 2 atom stereocenters. The molecule has 0 spiro atoms. The largest absolute Gasteiger partial charge is 0.148 e. The minimum atomic E-state index is -1.57. The maximum Gasteiger partial charge on any atom is 0.0743 e. The minimum Gasteiger partial charge on any atom is -0.148 e. The molecule has 0 saturated heterocycles. The number of allylic oxidation sites excluding steroid dienone is 4. The SMILES string of the molecule is CC1=C(C)[C@@H]([Si](C)(C)[C@H]2C(C)=C(C)c3ccsc32)c2sccc21. The van der Waals surface area contributed by atoms with Crippen LogP contribution >= 0.6 is 22.7 Å². The van der Waals surface area contributed by atoms with Crippen LogP contribution in [0.25, 0.3) is 11.1 Å². The summed E-state index contributed by atoms with van der Waals surface area (Å²) in [6, 6.07) is 4.67. The van der Waals surface area contributed by atoms with Gasteiger partial charge in [-0.2, -0.15) is 0 Å². The van der Waals surface area contributed by atoms with E-state index in [4.69, 9.17) is 0 Å². The molecule has 0 aliphatic heterocycles. The maximum absolute atomic E-state index is 2.62. The summed E-state index contributed by atoms with van der Waals surface area (Å²) in [7, 11) is -1.57. The second-order valence-corrected chi connectivity index (χ2v) is 14.4. The van der Waals surface area contributed by atoms with Crippen molar-refractivity contribution in [1.29, 1.82) is 0 Å². The van der Waals surface area contributed by atoms with E-state index in [2.05, 4.69) is 63.7 Å². The van der Waals surface area contributed by atoms with Crippen LogP contribution < -0.4 is 0 Å². The van der Waals surface area contributed by atoms with Gasteiger partial charge in [0, 0.05) is 20.8 Å². The normalized spacial score (nSPS) is 23.7. The van der Waals surface area contributed by atoms with Crippen LogP contribution in [0.1, 0.15) is 59.7 Å². The summed E-state index contributed by atoms with van der Waals surface area (Å²) >= 11 is 3.96. The molecule has 0 amide bonds. The average Bonchev–Trinajstić information content (AvgIpc) is 3.21. The van der Waals surface area contributed by atoms with Crippen molar-refractivity contribution in [3.8, 4) is 0 Å². The molecule has 2 heterocycles. The molecule has 2 aromatic heterocycles. The van der Waals surface area contributed by atoms with E-state index >= 15 is 0 Å². The lowest BCUT2D eigenvalue weighted by Gasteiger charge is -2.38. The van der Waals surface area contributed by atoms with Gasteiger partial charge >= 0.3 is 0 Å². The van der Waals surface area contributed by atoms with Crippen molar-refractivity contribution in [3.05, 3.63) is 54.9 Å². The number of thiophene rings is 2. The quantitative estimate of drug-likeness (QED) is 0.504. The van der Waals surface area contributed by atoms with Gasteiger partial charge in [-0.25, -0.2) is 0 Å². The van der Waals surface area contributed by atoms with Gasteiger partial charge in [0.15, 0.2) is 0 Å². The predicted octanol–water partition coefficient (Wildman–Crippen LogP) is 7.08. The first-order valence-corrected chi connectivity index (χ1v) is 13.3. The van der Waals surface area contributed by atoms with Crippen LogP contribution in [-0.2, 0) is 0 Å². The predicted molar refractivity (Wildman–Crippen MR) is 108 cm³/mol. The molecule has 120 valence electrons. The molecule has 4 rings (SSSR count). The molecule has 2 aliphatic rings. The number of hydrogen-bond acceptors (Lipinski definition) is 2. The Hall–Kier alpha value is -0.903. The Morgan fingerprint density at radius 1 is 0.739 bits per heavy atom. The number of fused-ring (bicyclic) bond motifs is 2. The van der Waals surface area contributed by atoms with Crippen LogP contribution in [0.15, 0.2) is 34.0 Å². The molecule has 23 heavy (non-hydrogen) atoms. The van der Waals surface area contributed by atoms with E-state index in [1.807, 2.05) is 22.7 Å². The zero-order valence-corrected chi connectivity index (χ0v) is 17.4. The third kappa shape index (κ3) is 1.93. The molecular formula is C20H24S2Si. The maximum atomic E-state index is 2.62. The van der Waals surface area contributed by atoms with E-state index < -0.39 is 8.07 Å². The molecule has 0 fully saturated rings. The zero-order chi connectivity index (χ0) is 16.5. The molecule has 0 saturated carbocycles. The van der Waals surface area contributed by atoms with Crippen molar-refractivity contribution in [2.24, 2.45) is 0 Å². The molecule has 0 aromatic carbocycles. The Morgan fingerprint density at radius 3 is 1.52 bits per heavy atom. The van der Waals surface area contributed by atoms with Crippen molar-refractivity contribution in [3.63, 3.8) is 0 Å². The van der Waals surface area contributed by atoms with Gasteiger partial charge in [0.2, 0.25) is 0 Å². The van der Waals surface area contributed by atoms with Gasteiger partial charge in [0.25, 0.3) is 0 Å². The highest BCUT2D eigenvalue weighted by molar-refractivity contribution is 7.12. The lowest BCUT2D eigenvalue weighted by atomic mass is 10.1. The summed E-state index contributed by atoms with van der Waals surface area (Å²) in [5.74, 6) is 0. The Kier molecular flexibility index (Phi) is 3.42. The Balaban J connectivity index is 1.88. The molecule has 0 N–H and O–H groups in total. The van der Waals surface area contributed by atoms with E-state index in [0.717, 1.165) is 0 Å².